The van der Waals surface area contributed by atoms with Gasteiger partial charge in [0.15, 0.2) is 0 Å². The summed E-state index contributed by atoms with van der Waals surface area (Å²) in [4.78, 5) is 50.9. The van der Waals surface area contributed by atoms with Crippen LogP contribution in [0.5, 0.6) is 0 Å². The largest absolute Gasteiger partial charge is 0.481 e. The van der Waals surface area contributed by atoms with Crippen molar-refractivity contribution in [2.45, 2.75) is 79.4 Å². The number of fused-ring (bicyclic) bond motifs is 8. The zero-order valence-corrected chi connectivity index (χ0v) is 30.6. The number of amides is 1. The first-order valence-corrected chi connectivity index (χ1v) is 17.1. The third-order valence-corrected chi connectivity index (χ3v) is 9.48. The maximum Gasteiger partial charge on any atom is 0.303 e. The van der Waals surface area contributed by atoms with Gasteiger partial charge in [0.05, 0.1) is 35.0 Å². The number of hydrogen-bond acceptors (Lipinski definition) is 10. The zero-order valence-electron chi connectivity index (χ0n) is 30.6. The van der Waals surface area contributed by atoms with Crippen LogP contribution < -0.4 is 0 Å². The van der Waals surface area contributed by atoms with E-state index in [2.05, 4.69) is 9.97 Å². The predicted molar refractivity (Wildman–Crippen MR) is 199 cm³/mol. The molecule has 0 aromatic carbocycles. The number of rotatable bonds is 11. The van der Waals surface area contributed by atoms with Crippen LogP contribution in [0.2, 0.25) is 0 Å². The average Bonchev–Trinajstić information content (AvgIpc) is 3.76. The molecule has 3 aromatic heterocycles. The Balaban J connectivity index is 0.000000618. The number of allylic oxidation sites excluding steroid dienone is 3. The number of aliphatic hydroxyl groups is 5. The topological polar surface area (TPSA) is 253 Å². The van der Waals surface area contributed by atoms with E-state index >= 15 is 0 Å². The molecule has 5 heterocycles. The number of aliphatic carboxylic acids is 2. The molecule has 2 aliphatic rings. The molecule has 0 radical (unpaired) electrons. The van der Waals surface area contributed by atoms with E-state index < -0.39 is 50.1 Å². The summed E-state index contributed by atoms with van der Waals surface area (Å²) in [6.45, 7) is 9.24. The van der Waals surface area contributed by atoms with Crippen LogP contribution in [0.4, 0.5) is 0 Å². The van der Waals surface area contributed by atoms with E-state index in [1.165, 1.54) is 0 Å². The number of carbonyl (C=O) groups excluding carboxylic acids is 1. The third-order valence-electron chi connectivity index (χ3n) is 9.48. The van der Waals surface area contributed by atoms with Crippen molar-refractivity contribution < 1.29 is 50.1 Å². The lowest BCUT2D eigenvalue weighted by Crippen LogP contribution is -2.34. The molecule has 8 bridgehead atoms. The summed E-state index contributed by atoms with van der Waals surface area (Å²) in [5.74, 6) is -2.52. The lowest BCUT2D eigenvalue weighted by atomic mass is 9.99. The van der Waals surface area contributed by atoms with Gasteiger partial charge in [0.25, 0.3) is 5.91 Å². The fourth-order valence-corrected chi connectivity index (χ4v) is 6.62. The molecule has 0 spiro atoms. The second-order valence-electron chi connectivity index (χ2n) is 13.0. The van der Waals surface area contributed by atoms with Gasteiger partial charge >= 0.3 is 11.9 Å². The molecule has 2 unspecified atom stereocenters. The van der Waals surface area contributed by atoms with Gasteiger partial charge in [0.1, 0.15) is 20.1 Å². The SMILES string of the molecule is CC1=C(CCC(=O)O)c2cc3[nH]c(cc4nc(cc5[nH]c(cc1n2)c(C(C)O)c5C)C(C(C)O)=C4C)c(C)c3CCC(=O)O.O=C(CO)N(CO)CO. The second kappa shape index (κ2) is 17.1. The van der Waals surface area contributed by atoms with Crippen molar-refractivity contribution in [3.8, 4) is 0 Å². The maximum atomic E-state index is 11.6. The van der Waals surface area contributed by atoms with Gasteiger partial charge in [-0.3, -0.25) is 19.3 Å². The second-order valence-corrected chi connectivity index (χ2v) is 13.0. The number of hydrogen-bond donors (Lipinski definition) is 9. The molecule has 15 nitrogen and oxygen atoms in total. The summed E-state index contributed by atoms with van der Waals surface area (Å²) >= 11 is 0. The minimum Gasteiger partial charge on any atom is -0.481 e. The number of carbonyl (C=O) groups is 3. The molecule has 9 N–H and O–H groups in total. The molecule has 2 aliphatic heterocycles. The van der Waals surface area contributed by atoms with Gasteiger partial charge in [-0.25, -0.2) is 9.97 Å². The Labute approximate surface area is 305 Å². The zero-order chi connectivity index (χ0) is 39.3. The Hall–Kier alpha value is -5.19. The number of nitrogens with one attached hydrogen (secondary N) is 2. The van der Waals surface area contributed by atoms with Crippen molar-refractivity contribution in [3.05, 3.63) is 69.3 Å². The lowest BCUT2D eigenvalue weighted by Gasteiger charge is -2.13. The Bertz CT molecular complexity index is 2140. The van der Waals surface area contributed by atoms with Crippen molar-refractivity contribution in [1.29, 1.82) is 0 Å². The molecule has 3 aromatic rings. The van der Waals surface area contributed by atoms with E-state index in [4.69, 9.17) is 25.3 Å². The summed E-state index contributed by atoms with van der Waals surface area (Å²) in [5.41, 5.74) is 11.7. The minimum absolute atomic E-state index is 0.0628. The predicted octanol–water partition coefficient (Wildman–Crippen LogP) is 3.82. The summed E-state index contributed by atoms with van der Waals surface area (Å²) in [5, 5.41) is 65.2. The highest BCUT2D eigenvalue weighted by atomic mass is 16.4. The Morgan fingerprint density at radius 2 is 1.19 bits per heavy atom. The van der Waals surface area contributed by atoms with Gasteiger partial charge in [-0.15, -0.1) is 0 Å². The van der Waals surface area contributed by atoms with Crippen LogP contribution in [0.3, 0.4) is 0 Å². The Morgan fingerprint density at radius 3 is 1.74 bits per heavy atom. The molecule has 0 saturated heterocycles. The van der Waals surface area contributed by atoms with Crippen LogP contribution in [0.1, 0.15) is 98.1 Å². The number of carboxylic acids is 2. The molecule has 0 aliphatic carbocycles. The van der Waals surface area contributed by atoms with Gasteiger partial charge in [0, 0.05) is 46.0 Å². The number of nitrogens with zero attached hydrogens (tertiary/aromatic N) is 3. The van der Waals surface area contributed by atoms with Crippen LogP contribution in [0, 0.1) is 13.8 Å². The number of carboxylic acid groups (broad SMARTS) is 2. The summed E-state index contributed by atoms with van der Waals surface area (Å²) in [7, 11) is 0. The summed E-state index contributed by atoms with van der Waals surface area (Å²) < 4.78 is 0. The van der Waals surface area contributed by atoms with Gasteiger partial charge in [-0.2, -0.15) is 0 Å². The van der Waals surface area contributed by atoms with Crippen LogP contribution >= 0.6 is 0 Å². The van der Waals surface area contributed by atoms with Crippen molar-refractivity contribution >= 4 is 62.2 Å². The molecular weight excluding hydrogens is 686 g/mol. The minimum atomic E-state index is -0.917. The molecule has 5 rings (SSSR count). The van der Waals surface area contributed by atoms with Gasteiger partial charge < -0.3 is 45.7 Å². The highest BCUT2D eigenvalue weighted by molar-refractivity contribution is 5.96. The smallest absolute Gasteiger partial charge is 0.303 e. The number of aliphatic hydroxyl groups excluding tert-OH is 5. The van der Waals surface area contributed by atoms with E-state index in [-0.39, 0.29) is 25.7 Å². The van der Waals surface area contributed by atoms with Crippen LogP contribution in [-0.4, -0.2) is 105 Å². The molecule has 284 valence electrons. The van der Waals surface area contributed by atoms with Crippen molar-refractivity contribution in [3.63, 3.8) is 0 Å². The molecule has 15 heteroatoms. The molecule has 0 saturated carbocycles. The first kappa shape index (κ1) is 40.6. The maximum absolute atomic E-state index is 11.6. The quantitative estimate of drug-likeness (QED) is 0.128. The Kier molecular flexibility index (Phi) is 13.1. The van der Waals surface area contributed by atoms with E-state index in [9.17, 15) is 34.8 Å². The van der Waals surface area contributed by atoms with Crippen LogP contribution in [0.15, 0.2) is 24.3 Å². The van der Waals surface area contributed by atoms with Crippen molar-refractivity contribution in [1.82, 2.24) is 24.8 Å². The fourth-order valence-electron chi connectivity index (χ4n) is 6.62. The summed E-state index contributed by atoms with van der Waals surface area (Å²) in [6.07, 6.45) is -1.16. The first-order valence-electron chi connectivity index (χ1n) is 17.1. The number of aryl methyl sites for hydroxylation is 3. The number of aromatic amines is 2. The molecule has 53 heavy (non-hydrogen) atoms. The highest BCUT2D eigenvalue weighted by Gasteiger charge is 2.24. The van der Waals surface area contributed by atoms with Gasteiger partial charge in [-0.05, 0) is 112 Å². The van der Waals surface area contributed by atoms with Gasteiger partial charge in [0.2, 0.25) is 0 Å². The average molecular weight is 734 g/mol. The number of aromatic nitrogens is 4. The van der Waals surface area contributed by atoms with Crippen molar-refractivity contribution in [2.24, 2.45) is 0 Å². The monoisotopic (exact) mass is 733 g/mol. The first-order chi connectivity index (χ1) is 25.0. The number of H-pyrrole nitrogens is 2. The summed E-state index contributed by atoms with van der Waals surface area (Å²) in [6, 6.07) is 7.51. The molecule has 0 fully saturated rings. The van der Waals surface area contributed by atoms with Crippen LogP contribution in [-0.2, 0) is 20.8 Å². The van der Waals surface area contributed by atoms with E-state index in [1.807, 2.05) is 52.0 Å². The normalized spacial score (nSPS) is 13.8. The van der Waals surface area contributed by atoms with E-state index in [1.54, 1.807) is 13.8 Å². The third kappa shape index (κ3) is 8.89. The lowest BCUT2D eigenvalue weighted by molar-refractivity contribution is -0.142. The molecular formula is C38H47N5O10. The van der Waals surface area contributed by atoms with Crippen molar-refractivity contribution in [2.75, 3.05) is 20.1 Å². The van der Waals surface area contributed by atoms with E-state index in [0.717, 1.165) is 44.4 Å². The highest BCUT2D eigenvalue weighted by Crippen LogP contribution is 2.37. The fraction of sp³-hybridized carbons (Fsp3) is 0.395. The molecule has 1 amide bonds. The molecule has 2 atom stereocenters. The van der Waals surface area contributed by atoms with Crippen LogP contribution in [0.25, 0.3) is 44.4 Å². The standard InChI is InChI=1S/C34H38N4O6.C4H9NO4/c1-15-21(7-9-31(41)42)27-14-28-22(8-10-32(43)44)16(2)24(36-28)12-29-34(20(6)40)18(4)26(38-29)13-30-33(19(5)39)17(3)25(37-30)11-23(15)35-27;6-1-4(9)5(2-7)3-8/h11-14,19-20,35,38-40H,7-10H2,1-6H3,(H,41,42)(H,43,44);6-8H,1-3H2. The Morgan fingerprint density at radius 1 is 0.679 bits per heavy atom. The van der Waals surface area contributed by atoms with E-state index in [0.29, 0.717) is 49.8 Å². The van der Waals surface area contributed by atoms with Gasteiger partial charge in [-0.1, -0.05) is 0 Å².